The Bertz CT molecular complexity index is 873. The van der Waals surface area contributed by atoms with E-state index in [0.29, 0.717) is 0 Å². The smallest absolute Gasteiger partial charge is 0.278 e. The van der Waals surface area contributed by atoms with Crippen molar-refractivity contribution in [2.75, 3.05) is 0 Å². The SMILES string of the molecule is Cn1ccn(C)c1=NP(N=c1n(C)ccn1C)N=c1n(C)ccn1C. The normalized spacial score (nSPS) is 11.2. The lowest BCUT2D eigenvalue weighted by Crippen LogP contribution is -2.24. The van der Waals surface area contributed by atoms with Crippen molar-refractivity contribution in [1.82, 2.24) is 27.4 Å². The molecule has 0 atom stereocenters. The quantitative estimate of drug-likeness (QED) is 0.592. The van der Waals surface area contributed by atoms with E-state index in [9.17, 15) is 0 Å². The second-order valence-corrected chi connectivity index (χ2v) is 7.16. The number of hydrogen-bond acceptors (Lipinski definition) is 3. The number of imidazole rings is 3. The molecule has 3 heterocycles. The maximum Gasteiger partial charge on any atom is 0.278 e. The Hall–Kier alpha value is -2.54. The van der Waals surface area contributed by atoms with Crippen LogP contribution in [0.2, 0.25) is 0 Å². The molecule has 0 aliphatic heterocycles. The molecule has 0 saturated carbocycles. The first-order valence-electron chi connectivity index (χ1n) is 7.84. The molecule has 0 fully saturated rings. The van der Waals surface area contributed by atoms with E-state index < -0.39 is 8.37 Å². The van der Waals surface area contributed by atoms with E-state index in [1.807, 2.05) is 107 Å². The summed E-state index contributed by atoms with van der Waals surface area (Å²) < 4.78 is 26.3. The van der Waals surface area contributed by atoms with Gasteiger partial charge in [0.05, 0.1) is 0 Å². The van der Waals surface area contributed by atoms with Gasteiger partial charge in [-0.05, 0) is 0 Å². The molecule has 3 aromatic rings. The van der Waals surface area contributed by atoms with Crippen LogP contribution in [0.3, 0.4) is 0 Å². The van der Waals surface area contributed by atoms with Gasteiger partial charge in [-0.25, -0.2) is 0 Å². The van der Waals surface area contributed by atoms with Gasteiger partial charge in [0.1, 0.15) is 0 Å². The maximum atomic E-state index is 4.84. The third-order valence-corrected chi connectivity index (χ3v) is 5.04. The van der Waals surface area contributed by atoms with Crippen LogP contribution in [-0.2, 0) is 42.3 Å². The second kappa shape index (κ2) is 6.76. The zero-order valence-corrected chi connectivity index (χ0v) is 16.3. The molecule has 9 nitrogen and oxygen atoms in total. The molecule has 0 aromatic carbocycles. The standard InChI is InChI=1S/C15H24N9P/c1-19-7-8-20(2)13(19)16-25(17-14-21(3)9-10-22(14)4)18-15-23(5)11-12-24(15)6/h7-12H,1-6H3. The first-order valence-corrected chi connectivity index (χ1v) is 9.04. The number of hydrogen-bond donors (Lipinski definition) is 0. The van der Waals surface area contributed by atoms with Crippen molar-refractivity contribution in [2.45, 2.75) is 0 Å². The van der Waals surface area contributed by atoms with Gasteiger partial charge in [0.15, 0.2) is 0 Å². The van der Waals surface area contributed by atoms with Gasteiger partial charge in [0.25, 0.3) is 8.37 Å². The van der Waals surface area contributed by atoms with Crippen LogP contribution in [0.1, 0.15) is 0 Å². The van der Waals surface area contributed by atoms with Crippen molar-refractivity contribution in [1.29, 1.82) is 0 Å². The molecule has 10 heteroatoms. The van der Waals surface area contributed by atoms with E-state index in [-0.39, 0.29) is 0 Å². The summed E-state index contributed by atoms with van der Waals surface area (Å²) in [5.41, 5.74) is 2.48. The molecule has 0 spiro atoms. The molecule has 134 valence electrons. The van der Waals surface area contributed by atoms with E-state index >= 15 is 0 Å². The molecule has 0 aliphatic rings. The van der Waals surface area contributed by atoms with Crippen molar-refractivity contribution in [2.24, 2.45) is 56.6 Å². The van der Waals surface area contributed by atoms with E-state index in [1.54, 1.807) is 0 Å². The van der Waals surface area contributed by atoms with Gasteiger partial charge in [-0.15, -0.1) is 0 Å². The first-order chi connectivity index (χ1) is 11.9. The average Bonchev–Trinajstić information content (AvgIpc) is 3.17. The van der Waals surface area contributed by atoms with Crippen molar-refractivity contribution in [3.8, 4) is 0 Å². The van der Waals surface area contributed by atoms with Crippen molar-refractivity contribution in [3.63, 3.8) is 0 Å². The van der Waals surface area contributed by atoms with Crippen molar-refractivity contribution >= 4 is 8.37 Å². The van der Waals surface area contributed by atoms with Crippen LogP contribution in [0.25, 0.3) is 0 Å². The molecule has 3 aromatic heterocycles. The summed E-state index contributed by atoms with van der Waals surface area (Å²) in [7, 11) is 10.5. The Balaban J connectivity index is 2.26. The van der Waals surface area contributed by atoms with Crippen LogP contribution < -0.4 is 16.9 Å². The summed E-state index contributed by atoms with van der Waals surface area (Å²) in [4.78, 5) is 0. The Morgan fingerprint density at radius 3 is 0.880 bits per heavy atom. The minimum absolute atomic E-state index is 0.826. The van der Waals surface area contributed by atoms with Gasteiger partial charge in [-0.2, -0.15) is 14.3 Å². The highest BCUT2D eigenvalue weighted by molar-refractivity contribution is 7.52. The molecule has 25 heavy (non-hydrogen) atoms. The third kappa shape index (κ3) is 3.46. The molecular formula is C15H24N9P. The molecule has 0 N–H and O–H groups in total. The van der Waals surface area contributed by atoms with Crippen LogP contribution in [0.5, 0.6) is 0 Å². The van der Waals surface area contributed by atoms with Crippen molar-refractivity contribution in [3.05, 3.63) is 54.0 Å². The number of nitrogens with zero attached hydrogens (tertiary/aromatic N) is 9. The van der Waals surface area contributed by atoms with E-state index in [4.69, 9.17) is 14.3 Å². The fraction of sp³-hybridized carbons (Fsp3) is 0.400. The van der Waals surface area contributed by atoms with Crippen LogP contribution in [-0.4, -0.2) is 27.4 Å². The van der Waals surface area contributed by atoms with Crippen LogP contribution >= 0.6 is 8.37 Å². The van der Waals surface area contributed by atoms with E-state index in [2.05, 4.69) is 0 Å². The monoisotopic (exact) mass is 361 g/mol. The van der Waals surface area contributed by atoms with Crippen LogP contribution in [0, 0.1) is 0 Å². The molecular weight excluding hydrogens is 337 g/mol. The highest BCUT2D eigenvalue weighted by Gasteiger charge is 2.08. The van der Waals surface area contributed by atoms with Gasteiger partial charge in [0, 0.05) is 79.5 Å². The maximum absolute atomic E-state index is 4.84. The summed E-state index contributed by atoms with van der Waals surface area (Å²) in [5.74, 6) is 0. The van der Waals surface area contributed by atoms with E-state index in [1.165, 1.54) is 0 Å². The Morgan fingerprint density at radius 1 is 0.480 bits per heavy atom. The number of rotatable bonds is 3. The average molecular weight is 361 g/mol. The summed E-state index contributed by atoms with van der Waals surface area (Å²) >= 11 is 0. The zero-order valence-electron chi connectivity index (χ0n) is 15.4. The highest BCUT2D eigenvalue weighted by atomic mass is 31.1. The fourth-order valence-electron chi connectivity index (χ4n) is 2.48. The number of aryl methyl sites for hydroxylation is 6. The Morgan fingerprint density at radius 2 is 0.680 bits per heavy atom. The molecule has 0 radical (unpaired) electrons. The van der Waals surface area contributed by atoms with Gasteiger partial charge in [-0.3, -0.25) is 0 Å². The predicted octanol–water partition coefficient (Wildman–Crippen LogP) is 0.0470. The van der Waals surface area contributed by atoms with E-state index in [0.717, 1.165) is 16.9 Å². The first kappa shape index (κ1) is 17.3. The van der Waals surface area contributed by atoms with Crippen LogP contribution in [0.15, 0.2) is 51.5 Å². The topological polar surface area (TPSA) is 66.7 Å². The summed E-state index contributed by atoms with van der Waals surface area (Å²) in [6.07, 6.45) is 11.8. The molecule has 0 amide bonds. The lowest BCUT2D eigenvalue weighted by molar-refractivity contribution is 0.739. The van der Waals surface area contributed by atoms with Gasteiger partial charge >= 0.3 is 0 Å². The lowest BCUT2D eigenvalue weighted by Gasteiger charge is -2.03. The second-order valence-electron chi connectivity index (χ2n) is 6.03. The Labute approximate surface area is 147 Å². The molecule has 0 saturated heterocycles. The van der Waals surface area contributed by atoms with Gasteiger partial charge < -0.3 is 27.4 Å². The van der Waals surface area contributed by atoms with Gasteiger partial charge in [0.2, 0.25) is 16.9 Å². The highest BCUT2D eigenvalue weighted by Crippen LogP contribution is 2.38. The number of aromatic nitrogens is 6. The van der Waals surface area contributed by atoms with Gasteiger partial charge in [-0.1, -0.05) is 0 Å². The summed E-state index contributed by atoms with van der Waals surface area (Å²) in [5, 5.41) is 0. The lowest BCUT2D eigenvalue weighted by atomic mass is 10.9. The molecule has 0 aliphatic carbocycles. The molecule has 0 unspecified atom stereocenters. The molecule has 3 rings (SSSR count). The summed E-state index contributed by atoms with van der Waals surface area (Å²) in [6, 6.07) is 0. The largest absolute Gasteiger partial charge is 0.320 e. The predicted molar refractivity (Wildman–Crippen MR) is 96.8 cm³/mol. The minimum Gasteiger partial charge on any atom is -0.320 e. The Kier molecular flexibility index (Phi) is 4.67. The third-order valence-electron chi connectivity index (χ3n) is 3.97. The van der Waals surface area contributed by atoms with Crippen molar-refractivity contribution < 1.29 is 0 Å². The van der Waals surface area contributed by atoms with Crippen LogP contribution in [0.4, 0.5) is 0 Å². The summed E-state index contributed by atoms with van der Waals surface area (Å²) in [6.45, 7) is 0. The minimum atomic E-state index is -1.36. The fourth-order valence-corrected chi connectivity index (χ4v) is 3.94. The zero-order chi connectivity index (χ0) is 18.1. The molecule has 0 bridgehead atoms.